The van der Waals surface area contributed by atoms with Gasteiger partial charge in [0.15, 0.2) is 11.2 Å². The van der Waals surface area contributed by atoms with E-state index >= 15 is 0 Å². The molecular formula is C12H20N6O3. The van der Waals surface area contributed by atoms with Crippen LogP contribution in [0.15, 0.2) is 9.59 Å². The number of anilines is 1. The molecule has 0 saturated carbocycles. The molecule has 2 heterocycles. The van der Waals surface area contributed by atoms with E-state index in [0.29, 0.717) is 43.4 Å². The highest BCUT2D eigenvalue weighted by molar-refractivity contribution is 5.74. The zero-order chi connectivity index (χ0) is 15.6. The number of imidazole rings is 1. The molecule has 0 atom stereocenters. The van der Waals surface area contributed by atoms with Gasteiger partial charge in [-0.15, -0.1) is 0 Å². The summed E-state index contributed by atoms with van der Waals surface area (Å²) in [6.07, 6.45) is 0. The normalized spacial score (nSPS) is 11.2. The fourth-order valence-corrected chi connectivity index (χ4v) is 2.37. The van der Waals surface area contributed by atoms with Crippen LogP contribution in [0, 0.1) is 0 Å². The molecule has 0 unspecified atom stereocenters. The van der Waals surface area contributed by atoms with Gasteiger partial charge in [-0.25, -0.2) is 10.6 Å². The number of fused-ring (bicyclic) bond motifs is 1. The Morgan fingerprint density at radius 2 is 1.86 bits per heavy atom. The number of nitrogens with two attached hydrogens (primary N) is 1. The molecule has 9 nitrogen and oxygen atoms in total. The first-order chi connectivity index (χ1) is 10.1. The number of ether oxygens (including phenoxy) is 1. The zero-order valence-electron chi connectivity index (χ0n) is 12.4. The Morgan fingerprint density at radius 3 is 2.38 bits per heavy atom. The number of aryl methyl sites for hydroxylation is 1. The molecule has 0 amide bonds. The number of nitrogens with zero attached hydrogens (tertiary/aromatic N) is 4. The van der Waals surface area contributed by atoms with Crippen molar-refractivity contribution in [2.24, 2.45) is 5.84 Å². The van der Waals surface area contributed by atoms with Gasteiger partial charge < -0.3 is 9.30 Å². The molecule has 0 bridgehead atoms. The third kappa shape index (κ3) is 2.34. The maximum Gasteiger partial charge on any atom is 0.332 e. The molecule has 21 heavy (non-hydrogen) atoms. The summed E-state index contributed by atoms with van der Waals surface area (Å²) in [4.78, 5) is 29.2. The lowest BCUT2D eigenvalue weighted by Gasteiger charge is -2.10. The van der Waals surface area contributed by atoms with E-state index in [-0.39, 0.29) is 5.56 Å². The summed E-state index contributed by atoms with van der Waals surface area (Å²) in [7, 11) is 1.55. The van der Waals surface area contributed by atoms with Crippen LogP contribution < -0.4 is 22.5 Å². The number of nitrogens with one attached hydrogen (secondary N) is 1. The highest BCUT2D eigenvalue weighted by Gasteiger charge is 2.19. The van der Waals surface area contributed by atoms with Crippen LogP contribution in [-0.4, -0.2) is 32.4 Å². The van der Waals surface area contributed by atoms with Gasteiger partial charge in [0, 0.05) is 20.2 Å². The average Bonchev–Trinajstić information content (AvgIpc) is 2.86. The summed E-state index contributed by atoms with van der Waals surface area (Å²) in [5.41, 5.74) is 2.39. The van der Waals surface area contributed by atoms with E-state index in [2.05, 4.69) is 10.4 Å². The highest BCUT2D eigenvalue weighted by Crippen LogP contribution is 2.14. The first-order valence-corrected chi connectivity index (χ1v) is 6.80. The minimum absolute atomic E-state index is 0.293. The van der Waals surface area contributed by atoms with Crippen molar-refractivity contribution in [3.8, 4) is 0 Å². The fraction of sp³-hybridized carbons (Fsp3) is 0.583. The van der Waals surface area contributed by atoms with Gasteiger partial charge >= 0.3 is 5.69 Å². The summed E-state index contributed by atoms with van der Waals surface area (Å²) in [6.45, 7) is 5.10. The lowest BCUT2D eigenvalue weighted by atomic mass is 10.4. The summed E-state index contributed by atoms with van der Waals surface area (Å²) >= 11 is 0. The van der Waals surface area contributed by atoms with Crippen molar-refractivity contribution in [2.75, 3.05) is 19.1 Å². The molecule has 2 aromatic rings. The van der Waals surface area contributed by atoms with Gasteiger partial charge in [-0.3, -0.25) is 19.4 Å². The predicted molar refractivity (Wildman–Crippen MR) is 79.3 cm³/mol. The van der Waals surface area contributed by atoms with Crippen molar-refractivity contribution in [2.45, 2.75) is 33.5 Å². The van der Waals surface area contributed by atoms with Crippen LogP contribution in [0.4, 0.5) is 5.95 Å². The summed E-state index contributed by atoms with van der Waals surface area (Å²) in [5.74, 6) is 5.80. The number of hydrogen-bond donors (Lipinski definition) is 2. The molecular weight excluding hydrogens is 276 g/mol. The van der Waals surface area contributed by atoms with Crippen LogP contribution in [-0.2, 0) is 24.4 Å². The molecule has 0 aliphatic rings. The lowest BCUT2D eigenvalue weighted by molar-refractivity contribution is 0.186. The van der Waals surface area contributed by atoms with Crippen LogP contribution >= 0.6 is 0 Å². The van der Waals surface area contributed by atoms with Crippen molar-refractivity contribution in [1.29, 1.82) is 0 Å². The van der Waals surface area contributed by atoms with Gasteiger partial charge in [0.05, 0.1) is 13.2 Å². The molecule has 0 fully saturated rings. The molecule has 0 aliphatic heterocycles. The second-order valence-electron chi connectivity index (χ2n) is 4.47. The Labute approximate surface area is 120 Å². The molecule has 2 rings (SSSR count). The Morgan fingerprint density at radius 1 is 1.19 bits per heavy atom. The molecule has 9 heteroatoms. The minimum Gasteiger partial charge on any atom is -0.383 e. The third-order valence-electron chi connectivity index (χ3n) is 3.39. The summed E-state index contributed by atoms with van der Waals surface area (Å²) in [5, 5.41) is 0. The topological polar surface area (TPSA) is 109 Å². The quantitative estimate of drug-likeness (QED) is 0.540. The standard InChI is InChI=1S/C12H20N6O3/c1-4-16-8-9(14-11(16)15-13)18(6-7-21-3)12(20)17(5-2)10(8)19/h4-7,13H2,1-3H3,(H,14,15). The van der Waals surface area contributed by atoms with E-state index in [4.69, 9.17) is 10.6 Å². The van der Waals surface area contributed by atoms with Crippen LogP contribution in [0.5, 0.6) is 0 Å². The number of rotatable bonds is 6. The van der Waals surface area contributed by atoms with Gasteiger partial charge in [0.2, 0.25) is 5.95 Å². The molecule has 0 spiro atoms. The van der Waals surface area contributed by atoms with Crippen molar-refractivity contribution in [1.82, 2.24) is 18.7 Å². The number of nitrogen functional groups attached to an aromatic ring is 1. The monoisotopic (exact) mass is 296 g/mol. The zero-order valence-corrected chi connectivity index (χ0v) is 12.4. The maximum atomic E-state index is 12.5. The summed E-state index contributed by atoms with van der Waals surface area (Å²) < 4.78 is 9.31. The molecule has 0 radical (unpaired) electrons. The predicted octanol–water partition coefficient (Wildman–Crippen LogP) is -0.668. The maximum absolute atomic E-state index is 12.5. The molecule has 0 aliphatic carbocycles. The number of methoxy groups -OCH3 is 1. The number of hydrazine groups is 1. The second kappa shape index (κ2) is 6.10. The van der Waals surface area contributed by atoms with Crippen molar-refractivity contribution in [3.05, 3.63) is 20.8 Å². The Hall–Kier alpha value is -2.13. The Balaban J connectivity index is 2.91. The van der Waals surface area contributed by atoms with Gasteiger partial charge in [0.25, 0.3) is 5.56 Å². The van der Waals surface area contributed by atoms with Gasteiger partial charge in [0.1, 0.15) is 0 Å². The van der Waals surface area contributed by atoms with Crippen LogP contribution in [0.3, 0.4) is 0 Å². The smallest absolute Gasteiger partial charge is 0.332 e. The van der Waals surface area contributed by atoms with Crippen LogP contribution in [0.2, 0.25) is 0 Å². The van der Waals surface area contributed by atoms with E-state index in [1.54, 1.807) is 18.6 Å². The highest BCUT2D eigenvalue weighted by atomic mass is 16.5. The van der Waals surface area contributed by atoms with Crippen molar-refractivity contribution in [3.63, 3.8) is 0 Å². The average molecular weight is 296 g/mol. The molecule has 0 aromatic carbocycles. The summed E-state index contributed by atoms with van der Waals surface area (Å²) in [6, 6.07) is 0. The van der Waals surface area contributed by atoms with E-state index in [1.807, 2.05) is 6.92 Å². The lowest BCUT2D eigenvalue weighted by Crippen LogP contribution is -2.40. The van der Waals surface area contributed by atoms with Gasteiger partial charge in [-0.1, -0.05) is 0 Å². The van der Waals surface area contributed by atoms with Crippen LogP contribution in [0.25, 0.3) is 11.2 Å². The Bertz CT molecular complexity index is 757. The molecule has 3 N–H and O–H groups in total. The second-order valence-corrected chi connectivity index (χ2v) is 4.47. The first kappa shape index (κ1) is 15.3. The first-order valence-electron chi connectivity index (χ1n) is 6.80. The molecule has 116 valence electrons. The Kier molecular flexibility index (Phi) is 4.43. The van der Waals surface area contributed by atoms with Gasteiger partial charge in [-0.2, -0.15) is 4.98 Å². The van der Waals surface area contributed by atoms with Gasteiger partial charge in [-0.05, 0) is 13.8 Å². The van der Waals surface area contributed by atoms with Crippen molar-refractivity contribution < 1.29 is 4.74 Å². The van der Waals surface area contributed by atoms with E-state index in [9.17, 15) is 9.59 Å². The molecule has 2 aromatic heterocycles. The van der Waals surface area contributed by atoms with E-state index in [0.717, 1.165) is 0 Å². The number of hydrogen-bond acceptors (Lipinski definition) is 6. The van der Waals surface area contributed by atoms with Crippen LogP contribution in [0.1, 0.15) is 13.8 Å². The largest absolute Gasteiger partial charge is 0.383 e. The van der Waals surface area contributed by atoms with E-state index in [1.165, 1.54) is 9.13 Å². The number of aromatic nitrogens is 4. The van der Waals surface area contributed by atoms with Crippen molar-refractivity contribution >= 4 is 17.1 Å². The fourth-order valence-electron chi connectivity index (χ4n) is 2.37. The molecule has 0 saturated heterocycles. The third-order valence-corrected chi connectivity index (χ3v) is 3.39. The minimum atomic E-state index is -0.392. The SMILES string of the molecule is CCn1c(=O)c2c(nc(NN)n2CC)n(CCOC)c1=O. The van der Waals surface area contributed by atoms with E-state index < -0.39 is 5.69 Å².